The van der Waals surface area contributed by atoms with Gasteiger partial charge in [-0.05, 0) is 35.6 Å². The molecular formula is C31H33NO4. The van der Waals surface area contributed by atoms with Crippen LogP contribution in [0.4, 0.5) is 0 Å². The van der Waals surface area contributed by atoms with Crippen molar-refractivity contribution < 1.29 is 19.0 Å². The van der Waals surface area contributed by atoms with E-state index in [1.165, 1.54) is 0 Å². The second-order valence-electron chi connectivity index (χ2n) is 9.44. The summed E-state index contributed by atoms with van der Waals surface area (Å²) in [6.07, 6.45) is 4.75. The van der Waals surface area contributed by atoms with Gasteiger partial charge in [0.1, 0.15) is 6.10 Å². The summed E-state index contributed by atoms with van der Waals surface area (Å²) in [7, 11) is 0. The van der Waals surface area contributed by atoms with Crippen molar-refractivity contribution in [1.29, 1.82) is 0 Å². The van der Waals surface area contributed by atoms with Crippen molar-refractivity contribution in [2.24, 2.45) is 0 Å². The number of fused-ring (bicyclic) bond motifs is 1. The summed E-state index contributed by atoms with van der Waals surface area (Å²) in [6.45, 7) is 1.83. The van der Waals surface area contributed by atoms with E-state index >= 15 is 0 Å². The molecule has 5 heteroatoms. The Hall–Kier alpha value is -3.25. The molecule has 0 unspecified atom stereocenters. The Morgan fingerprint density at radius 3 is 1.89 bits per heavy atom. The molecule has 4 atom stereocenters. The Balaban J connectivity index is 1.37. The zero-order chi connectivity index (χ0) is 24.6. The maximum absolute atomic E-state index is 13.1. The zero-order valence-electron chi connectivity index (χ0n) is 20.4. The summed E-state index contributed by atoms with van der Waals surface area (Å²) >= 11 is 0. The molecule has 3 aromatic rings. The fraction of sp³-hybridized carbons (Fsp3) is 0.323. The smallest absolute Gasteiger partial charge is 0.246 e. The van der Waals surface area contributed by atoms with Crippen LogP contribution in [0.15, 0.2) is 103 Å². The van der Waals surface area contributed by atoms with E-state index in [1.54, 1.807) is 6.08 Å². The number of amides is 1. The molecule has 1 fully saturated rings. The minimum absolute atomic E-state index is 0.0226. The molecule has 2 aliphatic rings. The van der Waals surface area contributed by atoms with Gasteiger partial charge in [-0.3, -0.25) is 4.79 Å². The molecule has 1 amide bonds. The predicted molar refractivity (Wildman–Crippen MR) is 139 cm³/mol. The number of ether oxygens (including phenoxy) is 3. The first-order valence-electron chi connectivity index (χ1n) is 12.7. The highest BCUT2D eigenvalue weighted by molar-refractivity contribution is 5.89. The molecule has 36 heavy (non-hydrogen) atoms. The standard InChI is InChI=1S/C31H33NO4/c33-30-18-10-17-27-19-29(35-21-25-13-6-2-7-14-25)31(36-22-26-15-8-3-9-16-26)28(32(27)30)23-34-20-24-11-4-1-5-12-24/h1-16,18,27-29,31H,17,19-23H2/t27-,28+,29-,31-/m1/s1. The van der Waals surface area contributed by atoms with Crippen LogP contribution < -0.4 is 0 Å². The maximum Gasteiger partial charge on any atom is 0.246 e. The van der Waals surface area contributed by atoms with E-state index in [9.17, 15) is 4.79 Å². The zero-order valence-corrected chi connectivity index (χ0v) is 20.4. The lowest BCUT2D eigenvalue weighted by Crippen LogP contribution is -2.64. The molecule has 1 saturated heterocycles. The number of rotatable bonds is 10. The first-order chi connectivity index (χ1) is 17.8. The van der Waals surface area contributed by atoms with E-state index in [4.69, 9.17) is 14.2 Å². The lowest BCUT2D eigenvalue weighted by atomic mass is 9.86. The molecule has 0 radical (unpaired) electrons. The van der Waals surface area contributed by atoms with Gasteiger partial charge in [0.25, 0.3) is 0 Å². The normalized spacial score (nSPS) is 23.4. The van der Waals surface area contributed by atoms with Crippen LogP contribution in [-0.2, 0) is 38.8 Å². The Labute approximate surface area is 213 Å². The van der Waals surface area contributed by atoms with E-state index in [0.29, 0.717) is 26.4 Å². The Morgan fingerprint density at radius 2 is 1.28 bits per heavy atom. The van der Waals surface area contributed by atoms with Crippen LogP contribution in [0.2, 0.25) is 0 Å². The Kier molecular flexibility index (Phi) is 8.24. The van der Waals surface area contributed by atoms with Gasteiger partial charge in [-0.2, -0.15) is 0 Å². The summed E-state index contributed by atoms with van der Waals surface area (Å²) in [5.41, 5.74) is 3.32. The molecule has 186 valence electrons. The summed E-state index contributed by atoms with van der Waals surface area (Å²) < 4.78 is 19.3. The van der Waals surface area contributed by atoms with E-state index in [0.717, 1.165) is 29.5 Å². The largest absolute Gasteiger partial charge is 0.375 e. The number of carbonyl (C=O) groups is 1. The van der Waals surface area contributed by atoms with Crippen molar-refractivity contribution >= 4 is 5.91 Å². The monoisotopic (exact) mass is 483 g/mol. The van der Waals surface area contributed by atoms with Crippen LogP contribution in [0.5, 0.6) is 0 Å². The van der Waals surface area contributed by atoms with E-state index in [-0.39, 0.29) is 30.2 Å². The van der Waals surface area contributed by atoms with Gasteiger partial charge >= 0.3 is 0 Å². The van der Waals surface area contributed by atoms with Gasteiger partial charge in [-0.25, -0.2) is 0 Å². The molecule has 5 nitrogen and oxygen atoms in total. The third kappa shape index (κ3) is 6.11. The van der Waals surface area contributed by atoms with Crippen molar-refractivity contribution in [3.05, 3.63) is 120 Å². The molecule has 0 spiro atoms. The minimum atomic E-state index is -0.309. The molecule has 2 aliphatic heterocycles. The van der Waals surface area contributed by atoms with Gasteiger partial charge < -0.3 is 19.1 Å². The number of hydrogen-bond acceptors (Lipinski definition) is 4. The molecule has 0 N–H and O–H groups in total. The van der Waals surface area contributed by atoms with Crippen molar-refractivity contribution in [3.63, 3.8) is 0 Å². The summed E-state index contributed by atoms with van der Waals surface area (Å²) in [5, 5.41) is 0. The molecule has 0 saturated carbocycles. The minimum Gasteiger partial charge on any atom is -0.375 e. The number of carbonyl (C=O) groups excluding carboxylic acids is 1. The predicted octanol–water partition coefficient (Wildman–Crippen LogP) is 5.30. The number of nitrogens with zero attached hydrogens (tertiary/aromatic N) is 1. The van der Waals surface area contributed by atoms with Crippen LogP contribution >= 0.6 is 0 Å². The van der Waals surface area contributed by atoms with E-state index < -0.39 is 0 Å². The van der Waals surface area contributed by atoms with Gasteiger partial charge in [0.2, 0.25) is 5.91 Å². The van der Waals surface area contributed by atoms with Gasteiger partial charge in [0.05, 0.1) is 38.6 Å². The quantitative estimate of drug-likeness (QED) is 0.393. The first kappa shape index (κ1) is 24.4. The van der Waals surface area contributed by atoms with Crippen LogP contribution in [0, 0.1) is 0 Å². The molecule has 0 aliphatic carbocycles. The highest BCUT2D eigenvalue weighted by atomic mass is 16.5. The first-order valence-corrected chi connectivity index (χ1v) is 12.7. The van der Waals surface area contributed by atoms with Crippen LogP contribution in [-0.4, -0.2) is 41.7 Å². The molecule has 3 aromatic carbocycles. The summed E-state index contributed by atoms with van der Waals surface area (Å²) in [6, 6.07) is 30.3. The molecular weight excluding hydrogens is 450 g/mol. The molecule has 0 aromatic heterocycles. The highest BCUT2D eigenvalue weighted by Gasteiger charge is 2.46. The van der Waals surface area contributed by atoms with Gasteiger partial charge in [0.15, 0.2) is 0 Å². The van der Waals surface area contributed by atoms with Gasteiger partial charge in [0, 0.05) is 6.04 Å². The second kappa shape index (κ2) is 12.1. The van der Waals surface area contributed by atoms with Crippen LogP contribution in [0.3, 0.4) is 0 Å². The van der Waals surface area contributed by atoms with Crippen molar-refractivity contribution in [3.8, 4) is 0 Å². The fourth-order valence-electron chi connectivity index (χ4n) is 5.13. The number of hydrogen-bond donors (Lipinski definition) is 0. The van der Waals surface area contributed by atoms with Gasteiger partial charge in [-0.15, -0.1) is 0 Å². The summed E-state index contributed by atoms with van der Waals surface area (Å²) in [5.74, 6) is 0.0226. The Bertz CT molecular complexity index is 1120. The summed E-state index contributed by atoms with van der Waals surface area (Å²) in [4.78, 5) is 15.0. The van der Waals surface area contributed by atoms with Crippen LogP contribution in [0.25, 0.3) is 0 Å². The molecule has 0 bridgehead atoms. The van der Waals surface area contributed by atoms with E-state index in [1.807, 2.05) is 77.7 Å². The fourth-order valence-corrected chi connectivity index (χ4v) is 5.13. The maximum atomic E-state index is 13.1. The molecule has 5 rings (SSSR count). The average Bonchev–Trinajstić information content (AvgIpc) is 2.93. The third-order valence-corrected chi connectivity index (χ3v) is 6.92. The van der Waals surface area contributed by atoms with Crippen LogP contribution in [0.1, 0.15) is 29.5 Å². The average molecular weight is 484 g/mol. The number of benzene rings is 3. The van der Waals surface area contributed by atoms with E-state index in [2.05, 4.69) is 24.3 Å². The van der Waals surface area contributed by atoms with Gasteiger partial charge in [-0.1, -0.05) is 97.1 Å². The second-order valence-corrected chi connectivity index (χ2v) is 9.44. The van der Waals surface area contributed by atoms with Crippen molar-refractivity contribution in [2.45, 2.75) is 57.0 Å². The third-order valence-electron chi connectivity index (χ3n) is 6.92. The molecule has 2 heterocycles. The lowest BCUT2D eigenvalue weighted by molar-refractivity contribution is -0.179. The van der Waals surface area contributed by atoms with Crippen molar-refractivity contribution in [1.82, 2.24) is 4.90 Å². The topological polar surface area (TPSA) is 48.0 Å². The highest BCUT2D eigenvalue weighted by Crippen LogP contribution is 2.33. The Morgan fingerprint density at radius 1 is 0.722 bits per heavy atom. The number of piperidine rings is 1. The van der Waals surface area contributed by atoms with Crippen molar-refractivity contribution in [2.75, 3.05) is 6.61 Å². The SMILES string of the molecule is O=C1C=CC[C@@H]2C[C@@H](OCc3ccccc3)[C@H](OCc3ccccc3)[C@H](COCc3ccccc3)N12. The lowest BCUT2D eigenvalue weighted by Gasteiger charge is -2.50.